The molecule has 1 N–H and O–H groups in total. The zero-order chi connectivity index (χ0) is 11.5. The van der Waals surface area contributed by atoms with E-state index in [0.29, 0.717) is 23.4 Å². The molecule has 2 rings (SSSR count). The lowest BCUT2D eigenvalue weighted by Crippen LogP contribution is -1.99. The van der Waals surface area contributed by atoms with Crippen LogP contribution in [0, 0.1) is 0 Å². The van der Waals surface area contributed by atoms with E-state index >= 15 is 0 Å². The molecule has 0 radical (unpaired) electrons. The minimum absolute atomic E-state index is 0.257. The molecule has 0 atom stereocenters. The number of carboxylic acids is 1. The standard InChI is InChI=1S/C12H11NO3/c1-2-16-11-7-6-8-9(12(14)15)4-3-5-10(8)13-11/h3-7H,2H2,1H3,(H,14,15). The summed E-state index contributed by atoms with van der Waals surface area (Å²) in [5.74, 6) is -0.436. The van der Waals surface area contributed by atoms with E-state index < -0.39 is 5.97 Å². The average molecular weight is 217 g/mol. The van der Waals surface area contributed by atoms with Gasteiger partial charge in [0, 0.05) is 11.5 Å². The molecule has 1 aromatic carbocycles. The Balaban J connectivity index is 2.59. The smallest absolute Gasteiger partial charge is 0.336 e. The molecule has 0 fully saturated rings. The fraction of sp³-hybridized carbons (Fsp3) is 0.167. The summed E-state index contributed by atoms with van der Waals surface area (Å²) in [5, 5.41) is 9.62. The van der Waals surface area contributed by atoms with Gasteiger partial charge in [0.25, 0.3) is 0 Å². The van der Waals surface area contributed by atoms with Gasteiger partial charge in [0.15, 0.2) is 0 Å². The Bertz CT molecular complexity index is 537. The summed E-state index contributed by atoms with van der Waals surface area (Å²) in [6.07, 6.45) is 0. The third-order valence-corrected chi connectivity index (χ3v) is 2.23. The molecule has 4 nitrogen and oxygen atoms in total. The van der Waals surface area contributed by atoms with Gasteiger partial charge >= 0.3 is 5.97 Å². The van der Waals surface area contributed by atoms with Gasteiger partial charge in [-0.1, -0.05) is 6.07 Å². The zero-order valence-electron chi connectivity index (χ0n) is 8.80. The van der Waals surface area contributed by atoms with Crippen LogP contribution in [0.1, 0.15) is 17.3 Å². The maximum atomic E-state index is 11.0. The van der Waals surface area contributed by atoms with Gasteiger partial charge in [-0.2, -0.15) is 0 Å². The van der Waals surface area contributed by atoms with Crippen LogP contribution in [-0.4, -0.2) is 22.7 Å². The van der Waals surface area contributed by atoms with Crippen molar-refractivity contribution in [2.45, 2.75) is 6.92 Å². The van der Waals surface area contributed by atoms with E-state index in [9.17, 15) is 4.79 Å². The van der Waals surface area contributed by atoms with Crippen LogP contribution in [-0.2, 0) is 0 Å². The van der Waals surface area contributed by atoms with Crippen LogP contribution in [0.2, 0.25) is 0 Å². The molecule has 0 amide bonds. The second-order valence-electron chi connectivity index (χ2n) is 3.26. The van der Waals surface area contributed by atoms with E-state index in [4.69, 9.17) is 9.84 Å². The van der Waals surface area contributed by atoms with Gasteiger partial charge in [-0.05, 0) is 25.1 Å². The first-order valence-electron chi connectivity index (χ1n) is 4.98. The van der Waals surface area contributed by atoms with Crippen LogP contribution in [0.4, 0.5) is 0 Å². The number of benzene rings is 1. The number of hydrogen-bond donors (Lipinski definition) is 1. The van der Waals surface area contributed by atoms with Crippen LogP contribution in [0.15, 0.2) is 30.3 Å². The molecule has 0 bridgehead atoms. The number of aromatic nitrogens is 1. The van der Waals surface area contributed by atoms with Crippen LogP contribution in [0.5, 0.6) is 5.88 Å². The molecule has 1 aromatic heterocycles. The number of aromatic carboxylic acids is 1. The first-order valence-corrected chi connectivity index (χ1v) is 4.98. The van der Waals surface area contributed by atoms with Crippen LogP contribution < -0.4 is 4.74 Å². The Labute approximate surface area is 92.5 Å². The van der Waals surface area contributed by atoms with E-state index in [1.54, 1.807) is 30.3 Å². The molecule has 1 heterocycles. The van der Waals surface area contributed by atoms with E-state index in [1.807, 2.05) is 6.92 Å². The quantitative estimate of drug-likeness (QED) is 0.857. The predicted octanol–water partition coefficient (Wildman–Crippen LogP) is 2.33. The molecule has 16 heavy (non-hydrogen) atoms. The minimum atomic E-state index is -0.948. The molecule has 0 aliphatic heterocycles. The summed E-state index contributed by atoms with van der Waals surface area (Å²) < 4.78 is 5.26. The number of rotatable bonds is 3. The fourth-order valence-electron chi connectivity index (χ4n) is 1.55. The molecule has 0 saturated heterocycles. The molecular weight excluding hydrogens is 206 g/mol. The van der Waals surface area contributed by atoms with Crippen LogP contribution in [0.3, 0.4) is 0 Å². The number of hydrogen-bond acceptors (Lipinski definition) is 3. The van der Waals surface area contributed by atoms with E-state index in [2.05, 4.69) is 4.98 Å². The molecule has 0 aliphatic carbocycles. The third-order valence-electron chi connectivity index (χ3n) is 2.23. The molecule has 82 valence electrons. The van der Waals surface area contributed by atoms with Crippen molar-refractivity contribution < 1.29 is 14.6 Å². The van der Waals surface area contributed by atoms with E-state index in [-0.39, 0.29) is 5.56 Å². The summed E-state index contributed by atoms with van der Waals surface area (Å²) in [6.45, 7) is 2.41. The highest BCUT2D eigenvalue weighted by Crippen LogP contribution is 2.20. The Morgan fingerprint density at radius 3 is 2.88 bits per heavy atom. The summed E-state index contributed by atoms with van der Waals surface area (Å²) in [5.41, 5.74) is 0.888. The molecule has 0 saturated carbocycles. The topological polar surface area (TPSA) is 59.4 Å². The highest BCUT2D eigenvalue weighted by atomic mass is 16.5. The highest BCUT2D eigenvalue weighted by Gasteiger charge is 2.08. The molecular formula is C12H11NO3. The maximum Gasteiger partial charge on any atom is 0.336 e. The normalized spacial score (nSPS) is 10.3. The van der Waals surface area contributed by atoms with Gasteiger partial charge < -0.3 is 9.84 Å². The van der Waals surface area contributed by atoms with Crippen molar-refractivity contribution in [2.24, 2.45) is 0 Å². The van der Waals surface area contributed by atoms with Gasteiger partial charge in [-0.25, -0.2) is 9.78 Å². The number of pyridine rings is 1. The second kappa shape index (κ2) is 4.18. The largest absolute Gasteiger partial charge is 0.478 e. The molecule has 0 spiro atoms. The summed E-state index contributed by atoms with van der Waals surface area (Å²) in [4.78, 5) is 15.2. The van der Waals surface area contributed by atoms with Crippen molar-refractivity contribution >= 4 is 16.9 Å². The van der Waals surface area contributed by atoms with Gasteiger partial charge in [0.1, 0.15) is 0 Å². The van der Waals surface area contributed by atoms with E-state index in [0.717, 1.165) is 0 Å². The minimum Gasteiger partial charge on any atom is -0.478 e. The first kappa shape index (κ1) is 10.4. The van der Waals surface area contributed by atoms with Crippen molar-refractivity contribution in [3.05, 3.63) is 35.9 Å². The number of ether oxygens (including phenoxy) is 1. The summed E-state index contributed by atoms with van der Waals surface area (Å²) in [6, 6.07) is 8.40. The number of carbonyl (C=O) groups is 1. The van der Waals surface area contributed by atoms with Crippen LogP contribution in [0.25, 0.3) is 10.9 Å². The fourth-order valence-corrected chi connectivity index (χ4v) is 1.55. The van der Waals surface area contributed by atoms with Gasteiger partial charge in [0.05, 0.1) is 17.7 Å². The van der Waals surface area contributed by atoms with E-state index in [1.165, 1.54) is 0 Å². The van der Waals surface area contributed by atoms with Gasteiger partial charge in [0.2, 0.25) is 5.88 Å². The second-order valence-corrected chi connectivity index (χ2v) is 3.26. The summed E-state index contributed by atoms with van der Waals surface area (Å²) >= 11 is 0. The predicted molar refractivity (Wildman–Crippen MR) is 59.9 cm³/mol. The van der Waals surface area contributed by atoms with Crippen molar-refractivity contribution in [1.29, 1.82) is 0 Å². The van der Waals surface area contributed by atoms with Crippen LogP contribution >= 0.6 is 0 Å². The lowest BCUT2D eigenvalue weighted by atomic mass is 10.1. The van der Waals surface area contributed by atoms with Crippen molar-refractivity contribution in [3.8, 4) is 5.88 Å². The zero-order valence-corrected chi connectivity index (χ0v) is 8.80. The number of fused-ring (bicyclic) bond motifs is 1. The molecule has 0 aliphatic rings. The maximum absolute atomic E-state index is 11.0. The Kier molecular flexibility index (Phi) is 2.72. The lowest BCUT2D eigenvalue weighted by molar-refractivity contribution is 0.0699. The van der Waals surface area contributed by atoms with Crippen molar-refractivity contribution in [1.82, 2.24) is 4.98 Å². The Hall–Kier alpha value is -2.10. The number of nitrogens with zero attached hydrogens (tertiary/aromatic N) is 1. The Morgan fingerprint density at radius 2 is 2.19 bits per heavy atom. The first-order chi connectivity index (χ1) is 7.72. The molecule has 2 aromatic rings. The van der Waals surface area contributed by atoms with Crippen molar-refractivity contribution in [2.75, 3.05) is 6.61 Å². The average Bonchev–Trinajstić information content (AvgIpc) is 2.28. The van der Waals surface area contributed by atoms with Gasteiger partial charge in [-0.15, -0.1) is 0 Å². The molecule has 0 unspecified atom stereocenters. The van der Waals surface area contributed by atoms with Crippen molar-refractivity contribution in [3.63, 3.8) is 0 Å². The SMILES string of the molecule is CCOc1ccc2c(C(=O)O)cccc2n1. The highest BCUT2D eigenvalue weighted by molar-refractivity contribution is 6.02. The summed E-state index contributed by atoms with van der Waals surface area (Å²) in [7, 11) is 0. The third kappa shape index (κ3) is 1.82. The lowest BCUT2D eigenvalue weighted by Gasteiger charge is -2.05. The Morgan fingerprint density at radius 1 is 1.38 bits per heavy atom. The molecule has 4 heteroatoms. The van der Waals surface area contributed by atoms with Gasteiger partial charge in [-0.3, -0.25) is 0 Å². The monoisotopic (exact) mass is 217 g/mol. The number of carboxylic acid groups (broad SMARTS) is 1.